The summed E-state index contributed by atoms with van der Waals surface area (Å²) in [5, 5.41) is 6.86. The van der Waals surface area contributed by atoms with Crippen LogP contribution in [0, 0.1) is 5.16 Å². The number of hydrogen-bond donors (Lipinski definition) is 2. The molecule has 0 rings (SSSR count). The van der Waals surface area contributed by atoms with Gasteiger partial charge >= 0.3 is 11.9 Å². The van der Waals surface area contributed by atoms with Crippen LogP contribution in [0.25, 0.3) is 0 Å². The Kier molecular flexibility index (Phi) is 12.0. The van der Waals surface area contributed by atoms with E-state index in [1.165, 1.54) is 13.8 Å². The molecule has 7 nitrogen and oxygen atoms in total. The van der Waals surface area contributed by atoms with E-state index in [2.05, 4.69) is 9.47 Å². The molecule has 0 saturated heterocycles. The summed E-state index contributed by atoms with van der Waals surface area (Å²) in [6.45, 7) is 2.14. The molecule has 0 heterocycles. The fourth-order valence-electron chi connectivity index (χ4n) is 0.661. The number of ether oxygens (including phenoxy) is 2. The summed E-state index contributed by atoms with van der Waals surface area (Å²) >= 11 is 0. The van der Waals surface area contributed by atoms with Crippen molar-refractivity contribution in [2.75, 3.05) is 12.8 Å². The van der Waals surface area contributed by atoms with Crippen molar-refractivity contribution in [2.45, 2.75) is 20.0 Å². The van der Waals surface area contributed by atoms with Crippen molar-refractivity contribution >= 4 is 33.6 Å². The van der Waals surface area contributed by atoms with E-state index in [0.29, 0.717) is 0 Å². The van der Waals surface area contributed by atoms with E-state index in [4.69, 9.17) is 10.1 Å². The Labute approximate surface area is 119 Å². The van der Waals surface area contributed by atoms with Crippen LogP contribution in [0.1, 0.15) is 13.8 Å². The minimum atomic E-state index is -2.18. The van der Waals surface area contributed by atoms with Gasteiger partial charge in [-0.05, 0) is 22.1 Å². The second kappa shape index (κ2) is 10.7. The third-order valence-electron chi connectivity index (χ3n) is 1.63. The number of ketones is 1. The Bertz CT molecular complexity index is 338. The minimum Gasteiger partial charge on any atom is -0.453 e. The molecule has 0 amide bonds. The Morgan fingerprint density at radius 2 is 1.94 bits per heavy atom. The van der Waals surface area contributed by atoms with Crippen LogP contribution in [-0.4, -0.2) is 41.5 Å². The Balaban J connectivity index is 0. The minimum absolute atomic E-state index is 0. The molecule has 0 fully saturated rings. The molecule has 0 aromatic rings. The van der Waals surface area contributed by atoms with Crippen molar-refractivity contribution < 1.29 is 47.3 Å². The predicted molar refractivity (Wildman–Crippen MR) is 63.6 cm³/mol. The molecule has 3 atom stereocenters. The summed E-state index contributed by atoms with van der Waals surface area (Å²) in [5.41, 5.74) is 0. The van der Waals surface area contributed by atoms with Crippen molar-refractivity contribution in [3.63, 3.8) is 0 Å². The largest absolute Gasteiger partial charge is 0.453 e. The quantitative estimate of drug-likeness (QED) is 0.518. The molecule has 0 spiro atoms. The molecule has 1 radical (unpaired) electrons. The van der Waals surface area contributed by atoms with Crippen LogP contribution < -0.4 is 0 Å². The van der Waals surface area contributed by atoms with Crippen molar-refractivity contribution in [1.29, 1.82) is 5.16 Å². The first kappa shape index (κ1) is 20.1. The zero-order chi connectivity index (χ0) is 13.4. The van der Waals surface area contributed by atoms with Gasteiger partial charge in [-0.2, -0.15) is 0 Å². The molecule has 0 aliphatic rings. The van der Waals surface area contributed by atoms with Gasteiger partial charge in [0, 0.05) is 18.6 Å². The SMILES string of the molecule is CC(=O)C(C)OC(=O)COC(=O)CP[PH](=N)O.[V]. The van der Waals surface area contributed by atoms with Crippen molar-refractivity contribution in [2.24, 2.45) is 0 Å². The van der Waals surface area contributed by atoms with Crippen molar-refractivity contribution in [3.05, 3.63) is 0 Å². The molecule has 103 valence electrons. The Morgan fingerprint density at radius 1 is 1.39 bits per heavy atom. The summed E-state index contributed by atoms with van der Waals surface area (Å²) in [6, 6.07) is 0. The van der Waals surface area contributed by atoms with E-state index in [1.807, 2.05) is 0 Å². The van der Waals surface area contributed by atoms with Gasteiger partial charge in [-0.25, -0.2) is 4.79 Å². The zero-order valence-electron chi connectivity index (χ0n) is 9.93. The number of rotatable bonds is 7. The van der Waals surface area contributed by atoms with Gasteiger partial charge in [-0.3, -0.25) is 14.8 Å². The predicted octanol–water partition coefficient (Wildman–Crippen LogP) is 0.525. The third-order valence-corrected chi connectivity index (χ3v) is 3.97. The smallest absolute Gasteiger partial charge is 0.344 e. The van der Waals surface area contributed by atoms with Gasteiger partial charge < -0.3 is 14.4 Å². The average molecular weight is 334 g/mol. The van der Waals surface area contributed by atoms with Crippen LogP contribution in [0.2, 0.25) is 0 Å². The van der Waals surface area contributed by atoms with E-state index < -0.39 is 32.3 Å². The zero-order valence-corrected chi connectivity index (χ0v) is 13.3. The van der Waals surface area contributed by atoms with Gasteiger partial charge in [-0.15, -0.1) is 0 Å². The van der Waals surface area contributed by atoms with Gasteiger partial charge in [0.1, 0.15) is 0 Å². The van der Waals surface area contributed by atoms with Crippen LogP contribution in [-0.2, 0) is 42.4 Å². The average Bonchev–Trinajstić information content (AvgIpc) is 2.23. The Hall–Kier alpha value is -0.186. The number of nitrogens with one attached hydrogen (secondary N) is 1. The van der Waals surface area contributed by atoms with Gasteiger partial charge in [0.2, 0.25) is 0 Å². The molecule has 0 aliphatic carbocycles. The first-order valence-electron chi connectivity index (χ1n) is 4.70. The molecule has 0 bridgehead atoms. The standard InChI is InChI=1S/C8H15NO6P2.V/c1-5(10)6(2)15-7(11)3-14-8(12)4-16-17(9)13;/h6,16-17H,3-4H2,1-2H3,(H2,9,13);. The van der Waals surface area contributed by atoms with E-state index in [-0.39, 0.29) is 38.8 Å². The van der Waals surface area contributed by atoms with E-state index in [1.54, 1.807) is 0 Å². The summed E-state index contributed by atoms with van der Waals surface area (Å²) in [7, 11) is -2.37. The van der Waals surface area contributed by atoms with Crippen LogP contribution in [0.3, 0.4) is 0 Å². The fourth-order valence-corrected chi connectivity index (χ4v) is 2.01. The number of hydrogen-bond acceptors (Lipinski definition) is 6. The number of Topliss-reactive ketones (excluding diaryl/α,β-unsaturated/α-hetero) is 1. The first-order chi connectivity index (χ1) is 7.82. The molecule has 18 heavy (non-hydrogen) atoms. The van der Waals surface area contributed by atoms with Crippen LogP contribution >= 0.6 is 15.9 Å². The monoisotopic (exact) mass is 334 g/mol. The molecule has 0 aromatic heterocycles. The van der Waals surface area contributed by atoms with Crippen LogP contribution in [0.4, 0.5) is 0 Å². The summed E-state index contributed by atoms with van der Waals surface area (Å²) < 4.78 is 9.18. The summed E-state index contributed by atoms with van der Waals surface area (Å²) in [6.07, 6.45) is -0.937. The second-order valence-electron chi connectivity index (χ2n) is 3.11. The third kappa shape index (κ3) is 10.9. The van der Waals surface area contributed by atoms with Gasteiger partial charge in [0.05, 0.1) is 13.8 Å². The maximum atomic E-state index is 11.1. The fraction of sp³-hybridized carbons (Fsp3) is 0.625. The van der Waals surface area contributed by atoms with Gasteiger partial charge in [0.25, 0.3) is 0 Å². The number of carbonyl (C=O) groups excluding carboxylic acids is 3. The molecule has 10 heteroatoms. The van der Waals surface area contributed by atoms with E-state index in [0.717, 1.165) is 0 Å². The maximum Gasteiger partial charge on any atom is 0.344 e. The normalized spacial score (nSPS) is 13.5. The van der Waals surface area contributed by atoms with Gasteiger partial charge in [0.15, 0.2) is 18.5 Å². The molecular formula is C8H15NO6P2V. The van der Waals surface area contributed by atoms with Crippen LogP contribution in [0.5, 0.6) is 0 Å². The number of carbonyl (C=O) groups is 3. The molecule has 0 aromatic carbocycles. The molecule has 2 N–H and O–H groups in total. The van der Waals surface area contributed by atoms with Gasteiger partial charge in [-0.1, -0.05) is 0 Å². The van der Waals surface area contributed by atoms with E-state index in [9.17, 15) is 14.4 Å². The van der Waals surface area contributed by atoms with Crippen molar-refractivity contribution in [1.82, 2.24) is 0 Å². The second-order valence-corrected chi connectivity index (χ2v) is 6.99. The van der Waals surface area contributed by atoms with E-state index >= 15 is 0 Å². The summed E-state index contributed by atoms with van der Waals surface area (Å²) in [5.74, 6) is -1.77. The molecular weight excluding hydrogens is 319 g/mol. The summed E-state index contributed by atoms with van der Waals surface area (Å²) in [4.78, 5) is 41.5. The Morgan fingerprint density at radius 3 is 2.39 bits per heavy atom. The maximum absolute atomic E-state index is 11.1. The topological polar surface area (TPSA) is 114 Å². The molecule has 0 saturated carbocycles. The van der Waals surface area contributed by atoms with Crippen LogP contribution in [0.15, 0.2) is 0 Å². The molecule has 3 unspecified atom stereocenters. The first-order valence-corrected chi connectivity index (χ1v) is 8.35. The molecule has 0 aliphatic heterocycles. The number of esters is 2. The van der Waals surface area contributed by atoms with Crippen molar-refractivity contribution in [3.8, 4) is 0 Å².